The summed E-state index contributed by atoms with van der Waals surface area (Å²) in [5.41, 5.74) is 0. The van der Waals surface area contributed by atoms with Crippen LogP contribution in [-0.2, 0) is 0 Å². The van der Waals surface area contributed by atoms with Crippen LogP contribution in [0, 0.1) is 0 Å². The molecule has 0 aromatic carbocycles. The second kappa shape index (κ2) is 1.50. The van der Waals surface area contributed by atoms with Gasteiger partial charge in [0.05, 0.1) is 11.2 Å². The first-order valence-electron chi connectivity index (χ1n) is 1.76. The van der Waals surface area contributed by atoms with E-state index in [1.54, 1.807) is 6.07 Å². The zero-order chi connectivity index (χ0) is 5.28. The molecule has 7 heavy (non-hydrogen) atoms. The fraction of sp³-hybridized carbons (Fsp3) is 0. The summed E-state index contributed by atoms with van der Waals surface area (Å²) in [6.07, 6.45) is 1.37. The Bertz CT molecular complexity index is 142. The van der Waals surface area contributed by atoms with Crippen LogP contribution in [0.5, 0.6) is 5.95 Å². The molecule has 1 rings (SSSR count). The molecule has 0 unspecified atom stereocenters. The van der Waals surface area contributed by atoms with Crippen LogP contribution < -0.4 is 0 Å². The topological polar surface area (TPSA) is 33.4 Å². The molecule has 1 N–H and O–H groups in total. The van der Waals surface area contributed by atoms with E-state index in [4.69, 9.17) is 5.11 Å². The van der Waals surface area contributed by atoms with Gasteiger partial charge in [0.15, 0.2) is 0 Å². The Morgan fingerprint density at radius 3 is 2.57 bits per heavy atom. The van der Waals surface area contributed by atoms with Gasteiger partial charge in [0, 0.05) is 0 Å². The molecule has 38 valence electrons. The van der Waals surface area contributed by atoms with E-state index in [1.165, 1.54) is 6.26 Å². The molecule has 0 aliphatic carbocycles. The SMILES string of the molecule is Oc1occc1S. The normalized spacial score (nSPS) is 9.29. The summed E-state index contributed by atoms with van der Waals surface area (Å²) in [6.45, 7) is 0. The van der Waals surface area contributed by atoms with Gasteiger partial charge in [0.25, 0.3) is 5.95 Å². The van der Waals surface area contributed by atoms with Crippen molar-refractivity contribution in [2.45, 2.75) is 4.90 Å². The lowest BCUT2D eigenvalue weighted by Gasteiger charge is -1.77. The van der Waals surface area contributed by atoms with Gasteiger partial charge in [-0.05, 0) is 6.07 Å². The summed E-state index contributed by atoms with van der Waals surface area (Å²) in [6, 6.07) is 1.57. The predicted octanol–water partition coefficient (Wildman–Crippen LogP) is 1.27. The molecule has 0 bridgehead atoms. The number of hydrogen-bond acceptors (Lipinski definition) is 3. The first-order valence-corrected chi connectivity index (χ1v) is 2.21. The van der Waals surface area contributed by atoms with E-state index in [0.29, 0.717) is 4.90 Å². The number of rotatable bonds is 0. The Morgan fingerprint density at radius 2 is 2.43 bits per heavy atom. The van der Waals surface area contributed by atoms with Gasteiger partial charge in [0.1, 0.15) is 0 Å². The maximum absolute atomic E-state index is 8.52. The van der Waals surface area contributed by atoms with Crippen LogP contribution in [0.15, 0.2) is 21.6 Å². The summed E-state index contributed by atoms with van der Waals surface area (Å²) in [5.74, 6) is -0.122. The van der Waals surface area contributed by atoms with E-state index >= 15 is 0 Å². The molecule has 1 heterocycles. The highest BCUT2D eigenvalue weighted by molar-refractivity contribution is 7.80. The number of thiol groups is 1. The molecule has 0 saturated heterocycles. The van der Waals surface area contributed by atoms with Crippen molar-refractivity contribution in [2.75, 3.05) is 0 Å². The molecule has 0 aliphatic heterocycles. The van der Waals surface area contributed by atoms with Gasteiger partial charge < -0.3 is 9.52 Å². The van der Waals surface area contributed by atoms with E-state index in [-0.39, 0.29) is 5.95 Å². The minimum atomic E-state index is -0.122. The average molecular weight is 116 g/mol. The lowest BCUT2D eigenvalue weighted by molar-refractivity contribution is 0.323. The molecule has 0 saturated carbocycles. The standard InChI is InChI=1S/C4H4O2S/c5-4-3(7)1-2-6-4/h1-2,5,7H. The van der Waals surface area contributed by atoms with E-state index in [1.807, 2.05) is 0 Å². The largest absolute Gasteiger partial charge is 0.480 e. The Kier molecular flexibility index (Phi) is 0.982. The second-order valence-electron chi connectivity index (χ2n) is 1.11. The molecule has 0 radical (unpaired) electrons. The lowest BCUT2D eigenvalue weighted by Crippen LogP contribution is -1.50. The molecule has 1 aromatic heterocycles. The lowest BCUT2D eigenvalue weighted by atomic mass is 10.6. The molecular weight excluding hydrogens is 112 g/mol. The van der Waals surface area contributed by atoms with Crippen molar-refractivity contribution < 1.29 is 9.52 Å². The van der Waals surface area contributed by atoms with Gasteiger partial charge in [-0.15, -0.1) is 12.6 Å². The van der Waals surface area contributed by atoms with Crippen LogP contribution >= 0.6 is 12.6 Å². The van der Waals surface area contributed by atoms with Gasteiger partial charge in [-0.25, -0.2) is 0 Å². The molecule has 2 nitrogen and oxygen atoms in total. The summed E-state index contributed by atoms with van der Waals surface area (Å²) in [5, 5.41) is 8.52. The van der Waals surface area contributed by atoms with Crippen LogP contribution in [0.25, 0.3) is 0 Å². The third-order valence-electron chi connectivity index (χ3n) is 0.625. The van der Waals surface area contributed by atoms with Crippen molar-refractivity contribution in [3.63, 3.8) is 0 Å². The van der Waals surface area contributed by atoms with E-state index in [0.717, 1.165) is 0 Å². The molecule has 0 spiro atoms. The molecule has 0 fully saturated rings. The van der Waals surface area contributed by atoms with Crippen LogP contribution in [-0.4, -0.2) is 5.11 Å². The van der Waals surface area contributed by atoms with Crippen LogP contribution in [0.1, 0.15) is 0 Å². The van der Waals surface area contributed by atoms with Crippen molar-refractivity contribution in [1.29, 1.82) is 0 Å². The molecule has 1 aromatic rings. The van der Waals surface area contributed by atoms with Crippen LogP contribution in [0.2, 0.25) is 0 Å². The Balaban J connectivity index is 3.12. The summed E-state index contributed by atoms with van der Waals surface area (Å²) in [7, 11) is 0. The van der Waals surface area contributed by atoms with Crippen LogP contribution in [0.3, 0.4) is 0 Å². The minimum Gasteiger partial charge on any atom is -0.480 e. The first kappa shape index (κ1) is 4.59. The Hall–Kier alpha value is -0.570. The molecule has 0 amide bonds. The summed E-state index contributed by atoms with van der Waals surface area (Å²) < 4.78 is 4.44. The van der Waals surface area contributed by atoms with Gasteiger partial charge >= 0.3 is 0 Å². The third-order valence-corrected chi connectivity index (χ3v) is 0.965. The molecule has 0 aliphatic rings. The zero-order valence-electron chi connectivity index (χ0n) is 3.46. The maximum atomic E-state index is 8.52. The number of furan rings is 1. The quantitative estimate of drug-likeness (QED) is 0.500. The molecular formula is C4H4O2S. The highest BCUT2D eigenvalue weighted by Gasteiger charge is 1.94. The average Bonchev–Trinajstić information content (AvgIpc) is 1.91. The van der Waals surface area contributed by atoms with Gasteiger partial charge in [-0.1, -0.05) is 0 Å². The van der Waals surface area contributed by atoms with E-state index in [2.05, 4.69) is 17.0 Å². The summed E-state index contributed by atoms with van der Waals surface area (Å²) >= 11 is 3.81. The van der Waals surface area contributed by atoms with Crippen LogP contribution in [0.4, 0.5) is 0 Å². The predicted molar refractivity (Wildman–Crippen MR) is 27.6 cm³/mol. The van der Waals surface area contributed by atoms with Crippen molar-refractivity contribution in [3.05, 3.63) is 12.3 Å². The Morgan fingerprint density at radius 1 is 1.71 bits per heavy atom. The summed E-state index contributed by atoms with van der Waals surface area (Å²) in [4.78, 5) is 0.472. The fourth-order valence-corrected chi connectivity index (χ4v) is 0.408. The highest BCUT2D eigenvalue weighted by Crippen LogP contribution is 2.20. The Labute approximate surface area is 46.2 Å². The van der Waals surface area contributed by atoms with Crippen molar-refractivity contribution in [3.8, 4) is 5.95 Å². The third kappa shape index (κ3) is 0.718. The van der Waals surface area contributed by atoms with Crippen molar-refractivity contribution >= 4 is 12.6 Å². The smallest absolute Gasteiger partial charge is 0.295 e. The highest BCUT2D eigenvalue weighted by atomic mass is 32.1. The zero-order valence-corrected chi connectivity index (χ0v) is 4.35. The van der Waals surface area contributed by atoms with Crippen molar-refractivity contribution in [1.82, 2.24) is 0 Å². The van der Waals surface area contributed by atoms with Gasteiger partial charge in [-0.3, -0.25) is 0 Å². The molecule has 0 atom stereocenters. The number of hydrogen-bond donors (Lipinski definition) is 2. The van der Waals surface area contributed by atoms with Crippen molar-refractivity contribution in [2.24, 2.45) is 0 Å². The minimum absolute atomic E-state index is 0.122. The molecule has 3 heteroatoms. The van der Waals surface area contributed by atoms with Gasteiger partial charge in [-0.2, -0.15) is 0 Å². The van der Waals surface area contributed by atoms with Gasteiger partial charge in [0.2, 0.25) is 0 Å². The number of aromatic hydroxyl groups is 1. The second-order valence-corrected chi connectivity index (χ2v) is 1.59. The monoisotopic (exact) mass is 116 g/mol. The first-order chi connectivity index (χ1) is 3.30. The fourth-order valence-electron chi connectivity index (χ4n) is 0.295. The maximum Gasteiger partial charge on any atom is 0.295 e. The van der Waals surface area contributed by atoms with E-state index in [9.17, 15) is 0 Å². The van der Waals surface area contributed by atoms with E-state index < -0.39 is 0 Å².